The molecule has 6 nitrogen and oxygen atoms in total. The topological polar surface area (TPSA) is 92.5 Å². The molecule has 2 aliphatic rings. The van der Waals surface area contributed by atoms with Gasteiger partial charge in [-0.05, 0) is 38.5 Å². The summed E-state index contributed by atoms with van der Waals surface area (Å²) in [5, 5.41) is -0.235. The molecule has 136 valence electrons. The van der Waals surface area contributed by atoms with Gasteiger partial charge in [-0.2, -0.15) is 0 Å². The Morgan fingerprint density at radius 1 is 1.13 bits per heavy atom. The smallest absolute Gasteiger partial charge is 0.239 e. The molecule has 1 aliphatic carbocycles. The van der Waals surface area contributed by atoms with Crippen molar-refractivity contribution in [3.63, 3.8) is 0 Å². The second-order valence-corrected chi connectivity index (χ2v) is 8.53. The molecule has 1 heterocycles. The molecular formula is C15H30ClN3O3S. The number of amides is 1. The van der Waals surface area contributed by atoms with E-state index in [1.54, 1.807) is 0 Å². The molecule has 3 N–H and O–H groups in total. The number of hydrogen-bond acceptors (Lipinski definition) is 4. The van der Waals surface area contributed by atoms with E-state index in [1.807, 2.05) is 4.90 Å². The summed E-state index contributed by atoms with van der Waals surface area (Å²) < 4.78 is 27.0. The molecule has 23 heavy (non-hydrogen) atoms. The summed E-state index contributed by atoms with van der Waals surface area (Å²) >= 11 is 0. The van der Waals surface area contributed by atoms with Gasteiger partial charge in [0.1, 0.15) is 0 Å². The Balaban J connectivity index is 0.00000264. The Morgan fingerprint density at radius 2 is 1.74 bits per heavy atom. The first kappa shape index (κ1) is 20.7. The number of halogens is 1. The molecule has 0 aromatic heterocycles. The van der Waals surface area contributed by atoms with E-state index >= 15 is 0 Å². The number of sulfonamides is 1. The third-order valence-corrected chi connectivity index (χ3v) is 6.68. The maximum Gasteiger partial charge on any atom is 0.239 e. The molecule has 1 aliphatic heterocycles. The second-order valence-electron chi connectivity index (χ2n) is 6.48. The quantitative estimate of drug-likeness (QED) is 0.665. The van der Waals surface area contributed by atoms with Gasteiger partial charge in [-0.3, -0.25) is 4.79 Å². The van der Waals surface area contributed by atoms with Crippen LogP contribution in [0.15, 0.2) is 0 Å². The van der Waals surface area contributed by atoms with E-state index in [1.165, 1.54) is 0 Å². The minimum Gasteiger partial charge on any atom is -0.341 e. The highest BCUT2D eigenvalue weighted by Crippen LogP contribution is 2.23. The van der Waals surface area contributed by atoms with E-state index < -0.39 is 16.1 Å². The van der Waals surface area contributed by atoms with Crippen LogP contribution in [0.5, 0.6) is 0 Å². The summed E-state index contributed by atoms with van der Waals surface area (Å²) in [4.78, 5) is 13.9. The fraction of sp³-hybridized carbons (Fsp3) is 0.933. The van der Waals surface area contributed by atoms with Crippen LogP contribution < -0.4 is 10.5 Å². The van der Waals surface area contributed by atoms with Crippen LogP contribution in [0.1, 0.15) is 57.8 Å². The Hall–Kier alpha value is -0.370. The lowest BCUT2D eigenvalue weighted by molar-refractivity contribution is -0.131. The standard InChI is InChI=1S/C15H29N3O3S.ClH/c16-14(15(19)18-11-4-5-12-18)9-6-10-17-22(20,21)13-7-2-1-3-8-13;/h13-14,17H,1-12,16H2;1H/t14-;/m0./s1. The molecule has 1 amide bonds. The van der Waals surface area contributed by atoms with Crippen molar-refractivity contribution in [3.05, 3.63) is 0 Å². The van der Waals surface area contributed by atoms with E-state index in [0.29, 0.717) is 19.4 Å². The molecule has 0 spiro atoms. The van der Waals surface area contributed by atoms with Crippen LogP contribution in [0, 0.1) is 0 Å². The second kappa shape index (κ2) is 9.81. The molecule has 1 saturated heterocycles. The van der Waals surface area contributed by atoms with Crippen molar-refractivity contribution in [2.24, 2.45) is 5.73 Å². The van der Waals surface area contributed by atoms with E-state index in [2.05, 4.69) is 4.72 Å². The van der Waals surface area contributed by atoms with E-state index in [-0.39, 0.29) is 23.6 Å². The molecule has 2 fully saturated rings. The van der Waals surface area contributed by atoms with Crippen molar-refractivity contribution in [2.75, 3.05) is 19.6 Å². The molecular weight excluding hydrogens is 338 g/mol. The lowest BCUT2D eigenvalue weighted by atomic mass is 10.0. The molecule has 0 radical (unpaired) electrons. The largest absolute Gasteiger partial charge is 0.341 e. The Labute approximate surface area is 146 Å². The van der Waals surface area contributed by atoms with Gasteiger partial charge in [-0.1, -0.05) is 19.3 Å². The summed E-state index contributed by atoms with van der Waals surface area (Å²) in [5.41, 5.74) is 5.92. The zero-order valence-corrected chi connectivity index (χ0v) is 15.3. The Morgan fingerprint density at radius 3 is 2.35 bits per heavy atom. The number of carbonyl (C=O) groups excluding carboxylic acids is 1. The Kier molecular flexibility index (Phi) is 8.82. The third-order valence-electron chi connectivity index (χ3n) is 4.72. The summed E-state index contributed by atoms with van der Waals surface area (Å²) in [5.74, 6) is 0.00707. The lowest BCUT2D eigenvalue weighted by Gasteiger charge is -2.22. The number of hydrogen-bond donors (Lipinski definition) is 2. The van der Waals surface area contributed by atoms with E-state index in [0.717, 1.165) is 58.0 Å². The first-order valence-corrected chi connectivity index (χ1v) is 10.1. The van der Waals surface area contributed by atoms with Gasteiger partial charge in [-0.15, -0.1) is 12.4 Å². The van der Waals surface area contributed by atoms with Crippen molar-refractivity contribution in [2.45, 2.75) is 69.1 Å². The van der Waals surface area contributed by atoms with Crippen molar-refractivity contribution >= 4 is 28.3 Å². The number of nitrogens with one attached hydrogen (secondary N) is 1. The normalized spacial score (nSPS) is 21.0. The van der Waals surface area contributed by atoms with Crippen LogP contribution in [-0.4, -0.2) is 50.2 Å². The molecule has 8 heteroatoms. The number of rotatable bonds is 7. The monoisotopic (exact) mass is 367 g/mol. The van der Waals surface area contributed by atoms with Crippen LogP contribution >= 0.6 is 12.4 Å². The molecule has 0 bridgehead atoms. The predicted molar refractivity (Wildman–Crippen MR) is 94.1 cm³/mol. The lowest BCUT2D eigenvalue weighted by Crippen LogP contribution is -2.43. The highest BCUT2D eigenvalue weighted by Gasteiger charge is 2.27. The van der Waals surface area contributed by atoms with Crippen molar-refractivity contribution in [1.29, 1.82) is 0 Å². The molecule has 2 rings (SSSR count). The Bertz CT molecular complexity index is 461. The SMILES string of the molecule is Cl.N[C@@H](CCCNS(=O)(=O)C1CCCCC1)C(=O)N1CCCC1. The summed E-state index contributed by atoms with van der Waals surface area (Å²) in [6.45, 7) is 1.99. The summed E-state index contributed by atoms with van der Waals surface area (Å²) in [7, 11) is -3.20. The van der Waals surface area contributed by atoms with Crippen LogP contribution in [0.3, 0.4) is 0 Å². The number of likely N-dealkylation sites (tertiary alicyclic amines) is 1. The molecule has 0 aromatic carbocycles. The molecule has 1 atom stereocenters. The summed E-state index contributed by atoms with van der Waals surface area (Å²) in [6, 6.07) is -0.503. The highest BCUT2D eigenvalue weighted by atomic mass is 35.5. The van der Waals surface area contributed by atoms with Crippen molar-refractivity contribution in [3.8, 4) is 0 Å². The maximum absolute atomic E-state index is 12.2. The number of nitrogens with zero attached hydrogens (tertiary/aromatic N) is 1. The average molecular weight is 368 g/mol. The third kappa shape index (κ3) is 6.21. The van der Waals surface area contributed by atoms with Crippen LogP contribution in [0.25, 0.3) is 0 Å². The van der Waals surface area contributed by atoms with E-state index in [9.17, 15) is 13.2 Å². The van der Waals surface area contributed by atoms with Gasteiger partial charge in [0.25, 0.3) is 0 Å². The van der Waals surface area contributed by atoms with Crippen molar-refractivity contribution < 1.29 is 13.2 Å². The van der Waals surface area contributed by atoms with Gasteiger partial charge in [-0.25, -0.2) is 13.1 Å². The fourth-order valence-electron chi connectivity index (χ4n) is 3.33. The first-order valence-electron chi connectivity index (χ1n) is 8.53. The number of nitrogens with two attached hydrogens (primary N) is 1. The van der Waals surface area contributed by atoms with Gasteiger partial charge in [0, 0.05) is 19.6 Å². The highest BCUT2D eigenvalue weighted by molar-refractivity contribution is 7.90. The maximum atomic E-state index is 12.2. The molecule has 0 aromatic rings. The van der Waals surface area contributed by atoms with Gasteiger partial charge in [0.05, 0.1) is 11.3 Å². The zero-order valence-electron chi connectivity index (χ0n) is 13.7. The molecule has 0 unspecified atom stereocenters. The van der Waals surface area contributed by atoms with Gasteiger partial charge >= 0.3 is 0 Å². The van der Waals surface area contributed by atoms with Crippen molar-refractivity contribution in [1.82, 2.24) is 9.62 Å². The average Bonchev–Trinajstić information content (AvgIpc) is 3.06. The van der Waals surface area contributed by atoms with Gasteiger partial charge < -0.3 is 10.6 Å². The molecule has 1 saturated carbocycles. The van der Waals surface area contributed by atoms with Crippen LogP contribution in [-0.2, 0) is 14.8 Å². The number of carbonyl (C=O) groups is 1. The predicted octanol–water partition coefficient (Wildman–Crippen LogP) is 1.39. The van der Waals surface area contributed by atoms with Crippen LogP contribution in [0.4, 0.5) is 0 Å². The van der Waals surface area contributed by atoms with Gasteiger partial charge in [0.2, 0.25) is 15.9 Å². The zero-order chi connectivity index (χ0) is 16.0. The minimum absolute atomic E-state index is 0. The van der Waals surface area contributed by atoms with E-state index in [4.69, 9.17) is 5.73 Å². The summed E-state index contributed by atoms with van der Waals surface area (Å²) in [6.07, 6.45) is 7.92. The first-order chi connectivity index (χ1) is 10.5. The minimum atomic E-state index is -3.20. The van der Waals surface area contributed by atoms with Crippen LogP contribution in [0.2, 0.25) is 0 Å². The van der Waals surface area contributed by atoms with Gasteiger partial charge in [0.15, 0.2) is 0 Å². The fourth-order valence-corrected chi connectivity index (χ4v) is 4.94.